The lowest BCUT2D eigenvalue weighted by Crippen LogP contribution is -2.50. The van der Waals surface area contributed by atoms with Crippen LogP contribution in [0.1, 0.15) is 58.8 Å². The van der Waals surface area contributed by atoms with Gasteiger partial charge in [0.05, 0.1) is 18.1 Å². The molecule has 0 aromatic heterocycles. The maximum atomic E-state index is 13.0. The molecule has 3 rings (SSSR count). The summed E-state index contributed by atoms with van der Waals surface area (Å²) in [5, 5.41) is 2.92. The summed E-state index contributed by atoms with van der Waals surface area (Å²) in [6, 6.07) is 4.32. The second-order valence-electron chi connectivity index (χ2n) is 9.42. The van der Waals surface area contributed by atoms with Crippen LogP contribution >= 0.6 is 0 Å². The molecule has 1 atom stereocenters. The summed E-state index contributed by atoms with van der Waals surface area (Å²) in [4.78, 5) is 15.3. The molecule has 1 saturated carbocycles. The van der Waals surface area contributed by atoms with E-state index in [4.69, 9.17) is 9.47 Å². The molecular formula is C24H39N3O5S. The average Bonchev–Trinajstić information content (AvgIpc) is 3.05. The zero-order chi connectivity index (χ0) is 23.8. The minimum Gasteiger partial charge on any atom is -0.490 e. The van der Waals surface area contributed by atoms with Gasteiger partial charge in [-0.15, -0.1) is 0 Å². The van der Waals surface area contributed by atoms with Gasteiger partial charge in [0, 0.05) is 25.1 Å². The first-order valence-electron chi connectivity index (χ1n) is 12.2. The molecule has 1 fully saturated rings. The number of benzene rings is 1. The molecule has 1 amide bonds. The van der Waals surface area contributed by atoms with E-state index in [1.165, 1.54) is 44.2 Å². The molecule has 2 N–H and O–H groups in total. The normalized spacial score (nSPS) is 18.2. The summed E-state index contributed by atoms with van der Waals surface area (Å²) >= 11 is 0. The lowest BCUT2D eigenvalue weighted by Gasteiger charge is -2.31. The molecule has 2 aliphatic rings. The van der Waals surface area contributed by atoms with Gasteiger partial charge in [0.2, 0.25) is 15.9 Å². The van der Waals surface area contributed by atoms with Crippen LogP contribution < -0.4 is 19.5 Å². The van der Waals surface area contributed by atoms with Crippen LogP contribution in [-0.2, 0) is 14.8 Å². The molecule has 1 aromatic carbocycles. The van der Waals surface area contributed by atoms with E-state index in [0.29, 0.717) is 37.3 Å². The van der Waals surface area contributed by atoms with Crippen LogP contribution in [0.5, 0.6) is 11.5 Å². The lowest BCUT2D eigenvalue weighted by atomic mass is 9.94. The highest BCUT2D eigenvalue weighted by atomic mass is 32.2. The van der Waals surface area contributed by atoms with Gasteiger partial charge in [0.15, 0.2) is 11.5 Å². The maximum absolute atomic E-state index is 13.0. The number of rotatable bonds is 10. The highest BCUT2D eigenvalue weighted by Gasteiger charge is 2.29. The number of nitrogens with zero attached hydrogens (tertiary/aromatic N) is 1. The van der Waals surface area contributed by atoms with Crippen molar-refractivity contribution in [2.45, 2.75) is 75.8 Å². The molecule has 1 aromatic rings. The minimum absolute atomic E-state index is 0.0549. The van der Waals surface area contributed by atoms with Crippen molar-refractivity contribution in [1.82, 2.24) is 14.9 Å². The largest absolute Gasteiger partial charge is 0.490 e. The Morgan fingerprint density at radius 2 is 1.79 bits per heavy atom. The van der Waals surface area contributed by atoms with E-state index in [1.807, 2.05) is 13.8 Å². The van der Waals surface area contributed by atoms with Gasteiger partial charge in [0.25, 0.3) is 0 Å². The third-order valence-corrected chi connectivity index (χ3v) is 7.88. The van der Waals surface area contributed by atoms with E-state index in [9.17, 15) is 13.2 Å². The number of ether oxygens (including phenoxy) is 2. The van der Waals surface area contributed by atoms with E-state index < -0.39 is 16.1 Å². The molecule has 33 heavy (non-hydrogen) atoms. The van der Waals surface area contributed by atoms with E-state index in [1.54, 1.807) is 6.07 Å². The molecule has 1 heterocycles. The third-order valence-electron chi connectivity index (χ3n) is 6.45. The first kappa shape index (κ1) is 25.8. The Morgan fingerprint density at radius 1 is 1.09 bits per heavy atom. The molecule has 0 saturated heterocycles. The Labute approximate surface area is 198 Å². The van der Waals surface area contributed by atoms with Gasteiger partial charge in [-0.25, -0.2) is 8.42 Å². The van der Waals surface area contributed by atoms with Gasteiger partial charge in [-0.2, -0.15) is 4.72 Å². The number of fused-ring (bicyclic) bond motifs is 1. The standard InChI is InChI=1S/C24H39N3O5S/c1-18(2)23(24(28)25-13-7-14-27(3)19-9-5-4-6-10-19)26-33(29,30)20-11-12-21-22(17-20)32-16-8-15-31-21/h11-12,17-19,23,26H,4-10,13-16H2,1-3H3,(H,25,28). The van der Waals surface area contributed by atoms with Crippen LogP contribution in [-0.4, -0.2) is 64.7 Å². The summed E-state index contributed by atoms with van der Waals surface area (Å²) in [6.45, 7) is 6.10. The molecule has 1 unspecified atom stereocenters. The molecule has 186 valence electrons. The molecular weight excluding hydrogens is 442 g/mol. The Bertz CT molecular complexity index is 884. The van der Waals surface area contributed by atoms with Gasteiger partial charge < -0.3 is 19.7 Å². The number of hydrogen-bond acceptors (Lipinski definition) is 6. The van der Waals surface area contributed by atoms with E-state index in [0.717, 1.165) is 19.4 Å². The zero-order valence-electron chi connectivity index (χ0n) is 20.1. The predicted octanol–water partition coefficient (Wildman–Crippen LogP) is 2.92. The SMILES string of the molecule is CC(C)C(NS(=O)(=O)c1ccc2c(c1)OCCCO2)C(=O)NCCCN(C)C1CCCCC1. The summed E-state index contributed by atoms with van der Waals surface area (Å²) in [6.07, 6.45) is 8.00. The lowest BCUT2D eigenvalue weighted by molar-refractivity contribution is -0.123. The van der Waals surface area contributed by atoms with Crippen molar-refractivity contribution in [3.8, 4) is 11.5 Å². The fourth-order valence-electron chi connectivity index (χ4n) is 4.39. The number of amides is 1. The first-order chi connectivity index (χ1) is 15.8. The van der Waals surface area contributed by atoms with Crippen LogP contribution in [0.2, 0.25) is 0 Å². The summed E-state index contributed by atoms with van der Waals surface area (Å²) in [5.74, 6) is 0.430. The van der Waals surface area contributed by atoms with Crippen LogP contribution in [0.15, 0.2) is 23.1 Å². The minimum atomic E-state index is -3.91. The van der Waals surface area contributed by atoms with Gasteiger partial charge in [0.1, 0.15) is 6.04 Å². The highest BCUT2D eigenvalue weighted by molar-refractivity contribution is 7.89. The maximum Gasteiger partial charge on any atom is 0.241 e. The number of carbonyl (C=O) groups is 1. The molecule has 0 radical (unpaired) electrons. The van der Waals surface area contributed by atoms with E-state index in [2.05, 4.69) is 22.0 Å². The Kier molecular flexibility index (Phi) is 9.40. The summed E-state index contributed by atoms with van der Waals surface area (Å²) < 4.78 is 39.8. The number of hydrogen-bond donors (Lipinski definition) is 2. The monoisotopic (exact) mass is 481 g/mol. The van der Waals surface area contributed by atoms with E-state index >= 15 is 0 Å². The van der Waals surface area contributed by atoms with Crippen molar-refractivity contribution in [3.05, 3.63) is 18.2 Å². The fraction of sp³-hybridized carbons (Fsp3) is 0.708. The molecule has 9 heteroatoms. The third kappa shape index (κ3) is 7.32. The Morgan fingerprint density at radius 3 is 2.48 bits per heavy atom. The second-order valence-corrected chi connectivity index (χ2v) is 11.1. The number of carbonyl (C=O) groups excluding carboxylic acids is 1. The number of nitrogens with one attached hydrogen (secondary N) is 2. The average molecular weight is 482 g/mol. The van der Waals surface area contributed by atoms with Crippen LogP contribution in [0, 0.1) is 5.92 Å². The predicted molar refractivity (Wildman–Crippen MR) is 128 cm³/mol. The van der Waals surface area contributed by atoms with Crippen LogP contribution in [0.25, 0.3) is 0 Å². The second kappa shape index (κ2) is 12.0. The van der Waals surface area contributed by atoms with Crippen molar-refractivity contribution < 1.29 is 22.7 Å². The molecule has 8 nitrogen and oxygen atoms in total. The van der Waals surface area contributed by atoms with Crippen molar-refractivity contribution in [2.75, 3.05) is 33.4 Å². The fourth-order valence-corrected chi connectivity index (χ4v) is 5.75. The Balaban J connectivity index is 1.54. The van der Waals surface area contributed by atoms with Gasteiger partial charge in [-0.05, 0) is 50.9 Å². The molecule has 0 bridgehead atoms. The quantitative estimate of drug-likeness (QED) is 0.499. The zero-order valence-corrected chi connectivity index (χ0v) is 21.0. The van der Waals surface area contributed by atoms with Crippen LogP contribution in [0.4, 0.5) is 0 Å². The Hall–Kier alpha value is -1.84. The summed E-state index contributed by atoms with van der Waals surface area (Å²) in [5.41, 5.74) is 0. The highest BCUT2D eigenvalue weighted by Crippen LogP contribution is 2.32. The van der Waals surface area contributed by atoms with Crippen molar-refractivity contribution in [2.24, 2.45) is 5.92 Å². The van der Waals surface area contributed by atoms with Crippen molar-refractivity contribution >= 4 is 15.9 Å². The van der Waals surface area contributed by atoms with Crippen molar-refractivity contribution in [1.29, 1.82) is 0 Å². The van der Waals surface area contributed by atoms with Gasteiger partial charge in [-0.1, -0.05) is 33.1 Å². The molecule has 1 aliphatic heterocycles. The number of sulfonamides is 1. The topological polar surface area (TPSA) is 97.0 Å². The molecule has 1 aliphatic carbocycles. The summed E-state index contributed by atoms with van der Waals surface area (Å²) in [7, 11) is -1.76. The molecule has 0 spiro atoms. The first-order valence-corrected chi connectivity index (χ1v) is 13.7. The van der Waals surface area contributed by atoms with Crippen LogP contribution in [0.3, 0.4) is 0 Å². The van der Waals surface area contributed by atoms with Gasteiger partial charge >= 0.3 is 0 Å². The van der Waals surface area contributed by atoms with Gasteiger partial charge in [-0.3, -0.25) is 4.79 Å². The van der Waals surface area contributed by atoms with Crippen molar-refractivity contribution in [3.63, 3.8) is 0 Å². The smallest absolute Gasteiger partial charge is 0.241 e. The van der Waals surface area contributed by atoms with E-state index in [-0.39, 0.29) is 16.7 Å².